The molecule has 0 bridgehead atoms. The lowest BCUT2D eigenvalue weighted by Crippen LogP contribution is -2.29. The van der Waals surface area contributed by atoms with E-state index in [1.54, 1.807) is 11.8 Å². The van der Waals surface area contributed by atoms with Crippen LogP contribution in [0.2, 0.25) is 0 Å². The molecule has 18 heavy (non-hydrogen) atoms. The Kier molecular flexibility index (Phi) is 4.33. The minimum absolute atomic E-state index is 0.177. The van der Waals surface area contributed by atoms with Crippen LogP contribution in [0, 0.1) is 19.8 Å². The van der Waals surface area contributed by atoms with E-state index in [0.29, 0.717) is 0 Å². The van der Waals surface area contributed by atoms with Crippen LogP contribution in [0.5, 0.6) is 0 Å². The fourth-order valence-corrected chi connectivity index (χ4v) is 4.05. The van der Waals surface area contributed by atoms with Crippen LogP contribution in [0.15, 0.2) is 23.1 Å². The fourth-order valence-electron chi connectivity index (χ4n) is 2.52. The van der Waals surface area contributed by atoms with Gasteiger partial charge in [0.05, 0.1) is 5.92 Å². The van der Waals surface area contributed by atoms with Gasteiger partial charge in [-0.25, -0.2) is 0 Å². The Morgan fingerprint density at radius 3 is 2.72 bits per heavy atom. The Morgan fingerprint density at radius 2 is 2.00 bits per heavy atom. The van der Waals surface area contributed by atoms with Gasteiger partial charge >= 0.3 is 5.97 Å². The molecule has 1 saturated carbocycles. The van der Waals surface area contributed by atoms with E-state index < -0.39 is 5.97 Å². The number of aryl methyl sites for hydroxylation is 2. The molecule has 2 rings (SSSR count). The predicted octanol–water partition coefficient (Wildman–Crippen LogP) is 4.04. The molecule has 2 unspecified atom stereocenters. The average molecular weight is 264 g/mol. The third-order valence-corrected chi connectivity index (χ3v) is 5.20. The lowest BCUT2D eigenvalue weighted by molar-refractivity contribution is -0.142. The van der Waals surface area contributed by atoms with E-state index in [0.717, 1.165) is 25.7 Å². The number of carboxylic acids is 1. The van der Waals surface area contributed by atoms with E-state index in [1.807, 2.05) is 0 Å². The van der Waals surface area contributed by atoms with Crippen LogP contribution < -0.4 is 0 Å². The number of carbonyl (C=O) groups is 1. The van der Waals surface area contributed by atoms with Crippen molar-refractivity contribution in [2.45, 2.75) is 49.7 Å². The van der Waals surface area contributed by atoms with Crippen LogP contribution in [0.1, 0.15) is 36.8 Å². The van der Waals surface area contributed by atoms with E-state index >= 15 is 0 Å². The number of rotatable bonds is 3. The summed E-state index contributed by atoms with van der Waals surface area (Å²) in [6.45, 7) is 4.18. The molecule has 1 N–H and O–H groups in total. The monoisotopic (exact) mass is 264 g/mol. The van der Waals surface area contributed by atoms with Gasteiger partial charge in [0.2, 0.25) is 0 Å². The van der Waals surface area contributed by atoms with Gasteiger partial charge in [-0.1, -0.05) is 30.5 Å². The summed E-state index contributed by atoms with van der Waals surface area (Å²) in [4.78, 5) is 12.5. The Labute approximate surface area is 113 Å². The largest absolute Gasteiger partial charge is 0.481 e. The highest BCUT2D eigenvalue weighted by atomic mass is 32.2. The SMILES string of the molecule is Cc1ccc(C)c(SC2CCCCC2C(=O)O)c1. The zero-order valence-electron chi connectivity index (χ0n) is 11.0. The third-order valence-electron chi connectivity index (χ3n) is 3.64. The second-order valence-electron chi connectivity index (χ2n) is 5.15. The van der Waals surface area contributed by atoms with E-state index in [1.165, 1.54) is 16.0 Å². The van der Waals surface area contributed by atoms with Gasteiger partial charge in [-0.3, -0.25) is 4.79 Å². The van der Waals surface area contributed by atoms with Crippen molar-refractivity contribution in [3.63, 3.8) is 0 Å². The molecule has 2 atom stereocenters. The van der Waals surface area contributed by atoms with Crippen molar-refractivity contribution in [2.24, 2.45) is 5.92 Å². The van der Waals surface area contributed by atoms with Gasteiger partial charge in [-0.05, 0) is 38.3 Å². The quantitative estimate of drug-likeness (QED) is 0.895. The molecule has 0 aromatic heterocycles. The normalized spacial score (nSPS) is 23.9. The first-order chi connectivity index (χ1) is 8.58. The highest BCUT2D eigenvalue weighted by Crippen LogP contribution is 2.39. The number of hydrogen-bond donors (Lipinski definition) is 1. The minimum Gasteiger partial charge on any atom is -0.481 e. The summed E-state index contributed by atoms with van der Waals surface area (Å²) in [6.07, 6.45) is 4.07. The third kappa shape index (κ3) is 3.08. The van der Waals surface area contributed by atoms with E-state index in [2.05, 4.69) is 32.0 Å². The molecule has 1 aliphatic carbocycles. The maximum absolute atomic E-state index is 11.3. The summed E-state index contributed by atoms with van der Waals surface area (Å²) in [6, 6.07) is 6.40. The molecule has 1 fully saturated rings. The summed E-state index contributed by atoms with van der Waals surface area (Å²) in [7, 11) is 0. The van der Waals surface area contributed by atoms with Crippen LogP contribution >= 0.6 is 11.8 Å². The molecular weight excluding hydrogens is 244 g/mol. The molecule has 98 valence electrons. The van der Waals surface area contributed by atoms with Crippen molar-refractivity contribution in [1.29, 1.82) is 0 Å². The maximum atomic E-state index is 11.3. The first-order valence-electron chi connectivity index (χ1n) is 6.54. The van der Waals surface area contributed by atoms with Gasteiger partial charge in [0.15, 0.2) is 0 Å². The molecule has 0 radical (unpaired) electrons. The smallest absolute Gasteiger partial charge is 0.307 e. The molecule has 1 aromatic rings. The molecule has 0 spiro atoms. The Balaban J connectivity index is 2.15. The zero-order valence-corrected chi connectivity index (χ0v) is 11.8. The highest BCUT2D eigenvalue weighted by molar-refractivity contribution is 8.00. The number of thioether (sulfide) groups is 1. The van der Waals surface area contributed by atoms with Crippen LogP contribution in [0.4, 0.5) is 0 Å². The van der Waals surface area contributed by atoms with Gasteiger partial charge in [0.1, 0.15) is 0 Å². The van der Waals surface area contributed by atoms with Crippen LogP contribution in [0.25, 0.3) is 0 Å². The molecular formula is C15H20O2S. The van der Waals surface area contributed by atoms with E-state index in [4.69, 9.17) is 0 Å². The summed E-state index contributed by atoms with van der Waals surface area (Å²) in [5, 5.41) is 9.53. The molecule has 0 heterocycles. The molecule has 0 amide bonds. The van der Waals surface area contributed by atoms with Gasteiger partial charge < -0.3 is 5.11 Å². The fraction of sp³-hybridized carbons (Fsp3) is 0.533. The molecule has 1 aromatic carbocycles. The topological polar surface area (TPSA) is 37.3 Å². The molecule has 0 aliphatic heterocycles. The maximum Gasteiger partial charge on any atom is 0.307 e. The molecule has 1 aliphatic rings. The molecule has 3 heteroatoms. The van der Waals surface area contributed by atoms with Crippen LogP contribution in [-0.2, 0) is 4.79 Å². The zero-order chi connectivity index (χ0) is 13.1. The summed E-state index contributed by atoms with van der Waals surface area (Å²) < 4.78 is 0. The van der Waals surface area contributed by atoms with Gasteiger partial charge in [-0.15, -0.1) is 11.8 Å². The summed E-state index contributed by atoms with van der Waals surface area (Å²) in [5.74, 6) is -0.804. The first-order valence-corrected chi connectivity index (χ1v) is 7.42. The van der Waals surface area contributed by atoms with Crippen molar-refractivity contribution < 1.29 is 9.90 Å². The van der Waals surface area contributed by atoms with E-state index in [9.17, 15) is 9.90 Å². The van der Waals surface area contributed by atoms with E-state index in [-0.39, 0.29) is 11.2 Å². The number of carboxylic acid groups (broad SMARTS) is 1. The Bertz CT molecular complexity index is 442. The highest BCUT2D eigenvalue weighted by Gasteiger charge is 2.31. The second kappa shape index (κ2) is 5.79. The van der Waals surface area contributed by atoms with Crippen LogP contribution in [0.3, 0.4) is 0 Å². The minimum atomic E-state index is -0.627. The number of aliphatic carboxylic acids is 1. The van der Waals surface area contributed by atoms with Crippen LogP contribution in [-0.4, -0.2) is 16.3 Å². The van der Waals surface area contributed by atoms with Gasteiger partial charge in [0, 0.05) is 10.1 Å². The average Bonchev–Trinajstić information content (AvgIpc) is 2.34. The summed E-state index contributed by atoms with van der Waals surface area (Å²) >= 11 is 1.76. The van der Waals surface area contributed by atoms with Crippen molar-refractivity contribution >= 4 is 17.7 Å². The number of benzene rings is 1. The van der Waals surface area contributed by atoms with Crippen molar-refractivity contribution in [3.8, 4) is 0 Å². The van der Waals surface area contributed by atoms with Gasteiger partial charge in [-0.2, -0.15) is 0 Å². The number of hydrogen-bond acceptors (Lipinski definition) is 2. The van der Waals surface area contributed by atoms with Gasteiger partial charge in [0.25, 0.3) is 0 Å². The molecule has 0 saturated heterocycles. The predicted molar refractivity (Wildman–Crippen MR) is 75.2 cm³/mol. The first kappa shape index (κ1) is 13.5. The molecule has 2 nitrogen and oxygen atoms in total. The van der Waals surface area contributed by atoms with Crippen molar-refractivity contribution in [2.75, 3.05) is 0 Å². The Morgan fingerprint density at radius 1 is 1.28 bits per heavy atom. The lowest BCUT2D eigenvalue weighted by atomic mass is 9.89. The second-order valence-corrected chi connectivity index (χ2v) is 6.44. The van der Waals surface area contributed by atoms with Crippen molar-refractivity contribution in [1.82, 2.24) is 0 Å². The standard InChI is InChI=1S/C15H20O2S/c1-10-7-8-11(2)14(9-10)18-13-6-4-3-5-12(13)15(16)17/h7-9,12-13H,3-6H2,1-2H3,(H,16,17). The van der Waals surface area contributed by atoms with Crippen molar-refractivity contribution in [3.05, 3.63) is 29.3 Å². The Hall–Kier alpha value is -0.960. The summed E-state index contributed by atoms with van der Waals surface area (Å²) in [5.41, 5.74) is 2.49. The lowest BCUT2D eigenvalue weighted by Gasteiger charge is -2.28.